The smallest absolute Gasteiger partial charge is 0.251 e. The fourth-order valence-corrected chi connectivity index (χ4v) is 2.65. The van der Waals surface area contributed by atoms with Crippen LogP contribution in [0.5, 0.6) is 0 Å². The zero-order valence-electron chi connectivity index (χ0n) is 10.2. The van der Waals surface area contributed by atoms with Crippen molar-refractivity contribution in [2.24, 2.45) is 0 Å². The van der Waals surface area contributed by atoms with Gasteiger partial charge in [-0.2, -0.15) is 0 Å². The zero-order chi connectivity index (χ0) is 11.5. The molecule has 0 bridgehead atoms. The molecule has 92 valence electrons. The number of amides is 1. The molecule has 16 heavy (non-hydrogen) atoms. The van der Waals surface area contributed by atoms with E-state index < -0.39 is 0 Å². The highest BCUT2D eigenvalue weighted by Gasteiger charge is 2.31. The molecule has 4 nitrogen and oxygen atoms in total. The van der Waals surface area contributed by atoms with Crippen LogP contribution >= 0.6 is 0 Å². The predicted molar refractivity (Wildman–Crippen MR) is 62.2 cm³/mol. The standard InChI is InChI=1S/C12H22N2O2/c1-9-7-14(8-10(2)13-9)12(15)11-5-3-4-6-16-11/h9-11,13H,3-8H2,1-2H3. The number of carbonyl (C=O) groups excluding carboxylic acids is 1. The molecule has 1 amide bonds. The van der Waals surface area contributed by atoms with Crippen molar-refractivity contribution in [1.82, 2.24) is 10.2 Å². The van der Waals surface area contributed by atoms with E-state index in [1.54, 1.807) is 0 Å². The van der Waals surface area contributed by atoms with Crippen LogP contribution in [0.15, 0.2) is 0 Å². The fourth-order valence-electron chi connectivity index (χ4n) is 2.65. The lowest BCUT2D eigenvalue weighted by molar-refractivity contribution is -0.148. The van der Waals surface area contributed by atoms with Gasteiger partial charge in [-0.05, 0) is 33.1 Å². The van der Waals surface area contributed by atoms with E-state index in [0.717, 1.165) is 39.0 Å². The number of piperazine rings is 1. The van der Waals surface area contributed by atoms with Crippen molar-refractivity contribution in [3.63, 3.8) is 0 Å². The first-order valence-corrected chi connectivity index (χ1v) is 6.33. The molecule has 2 aliphatic rings. The van der Waals surface area contributed by atoms with Crippen molar-refractivity contribution in [3.05, 3.63) is 0 Å². The first-order valence-electron chi connectivity index (χ1n) is 6.33. The van der Waals surface area contributed by atoms with Gasteiger partial charge < -0.3 is 15.0 Å². The summed E-state index contributed by atoms with van der Waals surface area (Å²) in [6.07, 6.45) is 2.93. The molecule has 3 atom stereocenters. The van der Waals surface area contributed by atoms with Gasteiger partial charge in [-0.1, -0.05) is 0 Å². The summed E-state index contributed by atoms with van der Waals surface area (Å²) in [5, 5.41) is 3.43. The van der Waals surface area contributed by atoms with Crippen molar-refractivity contribution < 1.29 is 9.53 Å². The highest BCUT2D eigenvalue weighted by molar-refractivity contribution is 5.81. The van der Waals surface area contributed by atoms with E-state index in [0.29, 0.717) is 12.1 Å². The van der Waals surface area contributed by atoms with Gasteiger partial charge in [-0.3, -0.25) is 4.79 Å². The molecule has 0 aliphatic carbocycles. The molecule has 0 saturated carbocycles. The van der Waals surface area contributed by atoms with Crippen molar-refractivity contribution in [2.75, 3.05) is 19.7 Å². The van der Waals surface area contributed by atoms with Gasteiger partial charge in [-0.15, -0.1) is 0 Å². The third-order valence-corrected chi connectivity index (χ3v) is 3.32. The summed E-state index contributed by atoms with van der Waals surface area (Å²) in [5.41, 5.74) is 0. The summed E-state index contributed by atoms with van der Waals surface area (Å²) in [6.45, 7) is 6.61. The van der Waals surface area contributed by atoms with E-state index in [9.17, 15) is 4.79 Å². The van der Waals surface area contributed by atoms with Crippen LogP contribution in [-0.2, 0) is 9.53 Å². The van der Waals surface area contributed by atoms with Crippen LogP contribution in [0.3, 0.4) is 0 Å². The second kappa shape index (κ2) is 5.15. The first kappa shape index (κ1) is 11.9. The molecule has 0 spiro atoms. The van der Waals surface area contributed by atoms with Crippen LogP contribution in [0.25, 0.3) is 0 Å². The lowest BCUT2D eigenvalue weighted by Gasteiger charge is -2.38. The largest absolute Gasteiger partial charge is 0.368 e. The van der Waals surface area contributed by atoms with E-state index >= 15 is 0 Å². The normalized spacial score (nSPS) is 36.1. The van der Waals surface area contributed by atoms with Gasteiger partial charge in [0.15, 0.2) is 0 Å². The molecule has 2 saturated heterocycles. The average Bonchev–Trinajstić information content (AvgIpc) is 2.28. The van der Waals surface area contributed by atoms with Gasteiger partial charge in [-0.25, -0.2) is 0 Å². The Morgan fingerprint density at radius 3 is 2.50 bits per heavy atom. The topological polar surface area (TPSA) is 41.6 Å². The number of hydrogen-bond acceptors (Lipinski definition) is 3. The third kappa shape index (κ3) is 2.74. The molecule has 2 aliphatic heterocycles. The zero-order valence-corrected chi connectivity index (χ0v) is 10.2. The Bertz CT molecular complexity index is 241. The van der Waals surface area contributed by atoms with Gasteiger partial charge in [0.05, 0.1) is 0 Å². The van der Waals surface area contributed by atoms with E-state index in [1.165, 1.54) is 0 Å². The Balaban J connectivity index is 1.92. The van der Waals surface area contributed by atoms with Crippen molar-refractivity contribution in [3.8, 4) is 0 Å². The predicted octanol–water partition coefficient (Wildman–Crippen LogP) is 0.764. The van der Waals surface area contributed by atoms with Gasteiger partial charge in [0.1, 0.15) is 6.10 Å². The molecule has 4 heteroatoms. The molecule has 3 unspecified atom stereocenters. The van der Waals surface area contributed by atoms with Crippen LogP contribution in [0.4, 0.5) is 0 Å². The Labute approximate surface area is 97.3 Å². The number of rotatable bonds is 1. The summed E-state index contributed by atoms with van der Waals surface area (Å²) in [7, 11) is 0. The summed E-state index contributed by atoms with van der Waals surface area (Å²) >= 11 is 0. The van der Waals surface area contributed by atoms with Gasteiger partial charge in [0.2, 0.25) is 0 Å². The van der Waals surface area contributed by atoms with Crippen LogP contribution in [-0.4, -0.2) is 48.7 Å². The molecule has 0 aromatic carbocycles. The maximum absolute atomic E-state index is 12.2. The molecular formula is C12H22N2O2. The Hall–Kier alpha value is -0.610. The Morgan fingerprint density at radius 1 is 1.25 bits per heavy atom. The molecule has 0 aromatic heterocycles. The van der Waals surface area contributed by atoms with E-state index in [4.69, 9.17) is 4.74 Å². The number of nitrogens with zero attached hydrogens (tertiary/aromatic N) is 1. The summed E-state index contributed by atoms with van der Waals surface area (Å²) < 4.78 is 5.55. The molecule has 0 aromatic rings. The molecule has 2 heterocycles. The minimum Gasteiger partial charge on any atom is -0.368 e. The second-order valence-electron chi connectivity index (χ2n) is 5.07. The van der Waals surface area contributed by atoms with Crippen molar-refractivity contribution in [1.29, 1.82) is 0 Å². The number of nitrogens with one attached hydrogen (secondary N) is 1. The van der Waals surface area contributed by atoms with Crippen molar-refractivity contribution >= 4 is 5.91 Å². The summed E-state index contributed by atoms with van der Waals surface area (Å²) in [4.78, 5) is 14.2. The highest BCUT2D eigenvalue weighted by atomic mass is 16.5. The van der Waals surface area contributed by atoms with E-state index in [1.807, 2.05) is 4.90 Å². The van der Waals surface area contributed by atoms with Gasteiger partial charge in [0.25, 0.3) is 5.91 Å². The fraction of sp³-hybridized carbons (Fsp3) is 0.917. The lowest BCUT2D eigenvalue weighted by atomic mass is 10.1. The maximum atomic E-state index is 12.2. The van der Waals surface area contributed by atoms with Crippen LogP contribution in [0.1, 0.15) is 33.1 Å². The van der Waals surface area contributed by atoms with Gasteiger partial charge >= 0.3 is 0 Å². The number of carbonyl (C=O) groups is 1. The van der Waals surface area contributed by atoms with Crippen LogP contribution < -0.4 is 5.32 Å². The summed E-state index contributed by atoms with van der Waals surface area (Å²) in [5.74, 6) is 0.194. The first-order chi connectivity index (χ1) is 7.66. The average molecular weight is 226 g/mol. The third-order valence-electron chi connectivity index (χ3n) is 3.32. The quantitative estimate of drug-likeness (QED) is 0.718. The van der Waals surface area contributed by atoms with Crippen LogP contribution in [0, 0.1) is 0 Å². The van der Waals surface area contributed by atoms with Crippen LogP contribution in [0.2, 0.25) is 0 Å². The monoisotopic (exact) mass is 226 g/mol. The van der Waals surface area contributed by atoms with E-state index in [-0.39, 0.29) is 12.0 Å². The SMILES string of the molecule is CC1CN(C(=O)C2CCCCO2)CC(C)N1. The molecule has 1 N–H and O–H groups in total. The molecule has 0 radical (unpaired) electrons. The minimum absolute atomic E-state index is 0.175. The molecule has 2 rings (SSSR count). The second-order valence-corrected chi connectivity index (χ2v) is 5.07. The molecule has 2 fully saturated rings. The number of ether oxygens (including phenoxy) is 1. The van der Waals surface area contributed by atoms with Gasteiger partial charge in [0, 0.05) is 31.8 Å². The lowest BCUT2D eigenvalue weighted by Crippen LogP contribution is -2.58. The summed E-state index contributed by atoms with van der Waals surface area (Å²) in [6, 6.07) is 0.771. The van der Waals surface area contributed by atoms with E-state index in [2.05, 4.69) is 19.2 Å². The highest BCUT2D eigenvalue weighted by Crippen LogP contribution is 2.16. The van der Waals surface area contributed by atoms with Crippen molar-refractivity contribution in [2.45, 2.75) is 51.3 Å². The molecular weight excluding hydrogens is 204 g/mol. The minimum atomic E-state index is -0.175. The maximum Gasteiger partial charge on any atom is 0.251 e. The Kier molecular flexibility index (Phi) is 3.82. The number of hydrogen-bond donors (Lipinski definition) is 1. The Morgan fingerprint density at radius 2 is 1.94 bits per heavy atom.